The molecule has 0 spiro atoms. The molecule has 0 radical (unpaired) electrons. The van der Waals surface area contributed by atoms with Crippen LogP contribution in [0.2, 0.25) is 0 Å². The molecule has 0 amide bonds. The molecule has 0 saturated carbocycles. The molecule has 5 heteroatoms. The minimum atomic E-state index is -0.561. The molecule has 3 aliphatic heterocycles. The number of fused-ring (bicyclic) bond motifs is 2. The molecule has 16 heavy (non-hydrogen) atoms. The first-order valence-corrected chi connectivity index (χ1v) is 5.99. The van der Waals surface area contributed by atoms with Gasteiger partial charge in [-0.15, -0.1) is 12.6 Å². The molecule has 0 aromatic carbocycles. The Morgan fingerprint density at radius 2 is 2.12 bits per heavy atom. The van der Waals surface area contributed by atoms with Crippen LogP contribution in [0.5, 0.6) is 0 Å². The van der Waals surface area contributed by atoms with E-state index in [0.717, 1.165) is 6.42 Å². The summed E-state index contributed by atoms with van der Waals surface area (Å²) in [6, 6.07) is 0. The second-order valence-corrected chi connectivity index (χ2v) is 4.91. The van der Waals surface area contributed by atoms with Gasteiger partial charge in [-0.2, -0.15) is 0 Å². The molecule has 0 N–H and O–H groups in total. The quantitative estimate of drug-likeness (QED) is 0.577. The summed E-state index contributed by atoms with van der Waals surface area (Å²) in [5, 5.41) is -0.118. The highest BCUT2D eigenvalue weighted by atomic mass is 32.1. The summed E-state index contributed by atoms with van der Waals surface area (Å²) in [6.45, 7) is 1.38. The van der Waals surface area contributed by atoms with Crippen LogP contribution in [-0.2, 0) is 19.0 Å². The van der Waals surface area contributed by atoms with Gasteiger partial charge < -0.3 is 14.2 Å². The van der Waals surface area contributed by atoms with Gasteiger partial charge >= 0.3 is 0 Å². The van der Waals surface area contributed by atoms with Crippen LogP contribution in [-0.4, -0.2) is 36.3 Å². The summed E-state index contributed by atoms with van der Waals surface area (Å²) in [6.07, 6.45) is 4.89. The standard InChI is InChI=1S/C11H14O4S/c12-9(16)7-6-11(3-2-8(7)15-11)10-13-4-1-5-14-10/h2-3,7-8,10H,1,4-6H2,(H,12,16). The third-order valence-electron chi connectivity index (χ3n) is 3.40. The fraction of sp³-hybridized carbons (Fsp3) is 0.727. The summed E-state index contributed by atoms with van der Waals surface area (Å²) in [4.78, 5) is 11.3. The van der Waals surface area contributed by atoms with Gasteiger partial charge in [0.25, 0.3) is 0 Å². The summed E-state index contributed by atoms with van der Waals surface area (Å²) in [7, 11) is 0. The van der Waals surface area contributed by atoms with E-state index >= 15 is 0 Å². The van der Waals surface area contributed by atoms with Crippen molar-refractivity contribution in [2.75, 3.05) is 13.2 Å². The fourth-order valence-corrected chi connectivity index (χ4v) is 2.85. The van der Waals surface area contributed by atoms with Crippen LogP contribution in [0.25, 0.3) is 0 Å². The Morgan fingerprint density at radius 3 is 2.75 bits per heavy atom. The van der Waals surface area contributed by atoms with Crippen LogP contribution < -0.4 is 0 Å². The highest BCUT2D eigenvalue weighted by Gasteiger charge is 2.55. The average molecular weight is 242 g/mol. The maximum Gasteiger partial charge on any atom is 0.192 e. The number of ether oxygens (including phenoxy) is 3. The molecule has 0 aromatic heterocycles. The van der Waals surface area contributed by atoms with Gasteiger partial charge in [0, 0.05) is 0 Å². The molecule has 0 aliphatic carbocycles. The Bertz CT molecular complexity index is 337. The Hall–Kier alpha value is -0.360. The molecule has 2 saturated heterocycles. The molecular weight excluding hydrogens is 228 g/mol. The van der Waals surface area contributed by atoms with Gasteiger partial charge in [-0.05, 0) is 18.9 Å². The molecule has 3 heterocycles. The zero-order valence-electron chi connectivity index (χ0n) is 8.80. The average Bonchev–Trinajstić information content (AvgIpc) is 2.89. The Kier molecular flexibility index (Phi) is 2.58. The van der Waals surface area contributed by atoms with Gasteiger partial charge in [0.1, 0.15) is 5.60 Å². The Labute approximate surface area is 99.3 Å². The number of hydrogen-bond donors (Lipinski definition) is 1. The van der Waals surface area contributed by atoms with Crippen LogP contribution in [0.3, 0.4) is 0 Å². The van der Waals surface area contributed by atoms with E-state index in [9.17, 15) is 4.79 Å². The van der Waals surface area contributed by atoms with Gasteiger partial charge in [-0.1, -0.05) is 6.08 Å². The van der Waals surface area contributed by atoms with Gasteiger partial charge in [0.2, 0.25) is 0 Å². The van der Waals surface area contributed by atoms with Crippen LogP contribution in [0.1, 0.15) is 12.8 Å². The second-order valence-electron chi connectivity index (χ2n) is 4.47. The monoisotopic (exact) mass is 242 g/mol. The number of hydrogen-bond acceptors (Lipinski definition) is 4. The van der Waals surface area contributed by atoms with E-state index in [2.05, 4.69) is 12.6 Å². The molecule has 4 nitrogen and oxygen atoms in total. The highest BCUT2D eigenvalue weighted by Crippen LogP contribution is 2.46. The maximum atomic E-state index is 11.3. The highest BCUT2D eigenvalue weighted by molar-refractivity contribution is 7.96. The Morgan fingerprint density at radius 1 is 1.38 bits per heavy atom. The fourth-order valence-electron chi connectivity index (χ4n) is 2.61. The zero-order chi connectivity index (χ0) is 11.2. The van der Waals surface area contributed by atoms with Crippen LogP contribution in [0.15, 0.2) is 12.2 Å². The zero-order valence-corrected chi connectivity index (χ0v) is 9.69. The lowest BCUT2D eigenvalue weighted by Gasteiger charge is -2.35. The second kappa shape index (κ2) is 3.84. The van der Waals surface area contributed by atoms with Crippen molar-refractivity contribution in [1.29, 1.82) is 0 Å². The topological polar surface area (TPSA) is 44.8 Å². The lowest BCUT2D eigenvalue weighted by atomic mass is 9.86. The lowest BCUT2D eigenvalue weighted by molar-refractivity contribution is -0.248. The largest absolute Gasteiger partial charge is 0.357 e. The molecule has 3 rings (SSSR count). The minimum absolute atomic E-state index is 0.118. The van der Waals surface area contributed by atoms with Gasteiger partial charge in [0.15, 0.2) is 11.4 Å². The first kappa shape index (κ1) is 10.8. The van der Waals surface area contributed by atoms with Crippen LogP contribution in [0.4, 0.5) is 0 Å². The van der Waals surface area contributed by atoms with Crippen molar-refractivity contribution in [3.63, 3.8) is 0 Å². The third-order valence-corrected chi connectivity index (χ3v) is 3.73. The van der Waals surface area contributed by atoms with Gasteiger partial charge in [0.05, 0.1) is 25.2 Å². The molecule has 0 aromatic rings. The summed E-state index contributed by atoms with van der Waals surface area (Å²) >= 11 is 3.89. The van der Waals surface area contributed by atoms with E-state index in [1.165, 1.54) is 0 Å². The predicted molar refractivity (Wildman–Crippen MR) is 59.2 cm³/mol. The molecule has 3 unspecified atom stereocenters. The Balaban J connectivity index is 1.80. The molecule has 3 atom stereocenters. The van der Waals surface area contributed by atoms with E-state index in [4.69, 9.17) is 14.2 Å². The number of rotatable bonds is 2. The van der Waals surface area contributed by atoms with E-state index in [0.29, 0.717) is 19.6 Å². The van der Waals surface area contributed by atoms with Gasteiger partial charge in [-0.25, -0.2) is 0 Å². The predicted octanol–water partition coefficient (Wildman–Crippen LogP) is 0.919. The van der Waals surface area contributed by atoms with Crippen molar-refractivity contribution in [3.05, 3.63) is 12.2 Å². The van der Waals surface area contributed by atoms with Crippen LogP contribution >= 0.6 is 12.6 Å². The minimum Gasteiger partial charge on any atom is -0.357 e. The van der Waals surface area contributed by atoms with Crippen molar-refractivity contribution in [2.24, 2.45) is 5.92 Å². The van der Waals surface area contributed by atoms with Crippen molar-refractivity contribution >= 4 is 17.7 Å². The molecule has 2 bridgehead atoms. The number of thiol groups is 1. The third kappa shape index (κ3) is 1.54. The maximum absolute atomic E-state index is 11.3. The first-order chi connectivity index (χ1) is 7.71. The summed E-state index contributed by atoms with van der Waals surface area (Å²) in [5.74, 6) is -0.164. The molecule has 2 fully saturated rings. The van der Waals surface area contributed by atoms with E-state index in [1.54, 1.807) is 0 Å². The molecular formula is C11H14O4S. The van der Waals surface area contributed by atoms with E-state index in [1.807, 2.05) is 12.2 Å². The van der Waals surface area contributed by atoms with Crippen LogP contribution in [0, 0.1) is 5.92 Å². The van der Waals surface area contributed by atoms with Crippen molar-refractivity contribution in [2.45, 2.75) is 30.8 Å². The van der Waals surface area contributed by atoms with E-state index < -0.39 is 5.60 Å². The molecule has 88 valence electrons. The van der Waals surface area contributed by atoms with Crippen molar-refractivity contribution in [1.82, 2.24) is 0 Å². The first-order valence-electron chi connectivity index (χ1n) is 5.54. The lowest BCUT2D eigenvalue weighted by Crippen LogP contribution is -2.45. The number of carbonyl (C=O) groups excluding carboxylic acids is 1. The molecule has 3 aliphatic rings. The normalized spacial score (nSPS) is 42.8. The number of carbonyl (C=O) groups is 1. The van der Waals surface area contributed by atoms with Crippen molar-refractivity contribution in [3.8, 4) is 0 Å². The summed E-state index contributed by atoms with van der Waals surface area (Å²) < 4.78 is 17.0. The smallest absolute Gasteiger partial charge is 0.192 e. The summed E-state index contributed by atoms with van der Waals surface area (Å²) in [5.41, 5.74) is -0.561. The van der Waals surface area contributed by atoms with E-state index in [-0.39, 0.29) is 23.4 Å². The SMILES string of the molecule is O=C(S)C1CC2(C3OCCCO3)C=CC1O2. The van der Waals surface area contributed by atoms with Crippen molar-refractivity contribution < 1.29 is 19.0 Å². The van der Waals surface area contributed by atoms with Gasteiger partial charge in [-0.3, -0.25) is 4.79 Å².